The predicted molar refractivity (Wildman–Crippen MR) is 81.6 cm³/mol. The van der Waals surface area contributed by atoms with Gasteiger partial charge in [-0.05, 0) is 39.3 Å². The molecule has 5 nitrogen and oxygen atoms in total. The number of aryl methyl sites for hydroxylation is 2. The summed E-state index contributed by atoms with van der Waals surface area (Å²) in [6.07, 6.45) is 3.54. The molecule has 0 aliphatic rings. The van der Waals surface area contributed by atoms with Crippen molar-refractivity contribution in [1.29, 1.82) is 0 Å². The largest absolute Gasteiger partial charge is 0.444 e. The molecule has 0 radical (unpaired) electrons. The molecule has 2 unspecified atom stereocenters. The van der Waals surface area contributed by atoms with Crippen LogP contribution in [0.4, 0.5) is 0 Å². The monoisotopic (exact) mass is 304 g/mol. The summed E-state index contributed by atoms with van der Waals surface area (Å²) in [5.74, 6) is 2.19. The first-order chi connectivity index (χ1) is 9.97. The maximum absolute atomic E-state index is 6.29. The first kappa shape index (κ1) is 14.1. The highest BCUT2D eigenvalue weighted by atomic mass is 35.5. The molecule has 21 heavy (non-hydrogen) atoms. The Hall–Kier alpha value is -1.88. The number of halogens is 1. The molecule has 3 aromatic rings. The zero-order valence-electron chi connectivity index (χ0n) is 12.5. The quantitative estimate of drug-likeness (QED) is 0.688. The fourth-order valence-corrected chi connectivity index (χ4v) is 2.59. The van der Waals surface area contributed by atoms with Crippen molar-refractivity contribution >= 4 is 22.8 Å². The summed E-state index contributed by atoms with van der Waals surface area (Å²) in [6, 6.07) is 1.89. The van der Waals surface area contributed by atoms with Crippen LogP contribution < -0.4 is 0 Å². The van der Waals surface area contributed by atoms with E-state index in [4.69, 9.17) is 16.0 Å². The molecule has 0 N–H and O–H groups in total. The second kappa shape index (κ2) is 5.15. The second-order valence-corrected chi connectivity index (χ2v) is 5.95. The van der Waals surface area contributed by atoms with Gasteiger partial charge >= 0.3 is 0 Å². The van der Waals surface area contributed by atoms with Gasteiger partial charge in [0.15, 0.2) is 5.65 Å². The zero-order valence-corrected chi connectivity index (χ0v) is 13.2. The lowest BCUT2D eigenvalue weighted by molar-refractivity contribution is 0.413. The SMILES string of the molecule is Cc1cnc2c(c1)nc(C(C)Cl)n2C(C)c1ncc(C)o1. The van der Waals surface area contributed by atoms with Crippen LogP contribution in [0.2, 0.25) is 0 Å². The standard InChI is InChI=1S/C15H17ClN4O/c1-8-5-12-14(17-6-8)20(13(19-12)10(3)16)11(4)15-18-7-9(2)21-15/h5-7,10-11H,1-4H3. The van der Waals surface area contributed by atoms with E-state index in [9.17, 15) is 0 Å². The summed E-state index contributed by atoms with van der Waals surface area (Å²) in [6.45, 7) is 7.79. The van der Waals surface area contributed by atoms with Crippen LogP contribution in [0.15, 0.2) is 22.9 Å². The normalized spacial score (nSPS) is 14.5. The van der Waals surface area contributed by atoms with Crippen molar-refractivity contribution in [1.82, 2.24) is 19.5 Å². The van der Waals surface area contributed by atoms with Crippen LogP contribution in [0, 0.1) is 13.8 Å². The molecule has 0 aliphatic carbocycles. The molecule has 0 aromatic carbocycles. The van der Waals surface area contributed by atoms with Crippen molar-refractivity contribution in [3.05, 3.63) is 41.5 Å². The number of hydrogen-bond donors (Lipinski definition) is 0. The molecule has 0 saturated heterocycles. The maximum Gasteiger partial charge on any atom is 0.217 e. The Morgan fingerprint density at radius 2 is 1.95 bits per heavy atom. The Bertz CT molecular complexity index is 790. The van der Waals surface area contributed by atoms with Gasteiger partial charge in [0.2, 0.25) is 5.89 Å². The smallest absolute Gasteiger partial charge is 0.217 e. The van der Waals surface area contributed by atoms with Crippen LogP contribution in [-0.4, -0.2) is 19.5 Å². The van der Waals surface area contributed by atoms with Crippen LogP contribution in [0.1, 0.15) is 48.3 Å². The van der Waals surface area contributed by atoms with Crippen molar-refractivity contribution in [2.45, 2.75) is 39.1 Å². The summed E-state index contributed by atoms with van der Waals surface area (Å²) in [5, 5.41) is -0.224. The van der Waals surface area contributed by atoms with Crippen LogP contribution in [0.3, 0.4) is 0 Å². The van der Waals surface area contributed by atoms with Crippen molar-refractivity contribution in [3.63, 3.8) is 0 Å². The summed E-state index contributed by atoms with van der Waals surface area (Å²) < 4.78 is 7.64. The maximum atomic E-state index is 6.29. The molecule has 0 amide bonds. The summed E-state index contributed by atoms with van der Waals surface area (Å²) in [7, 11) is 0. The van der Waals surface area contributed by atoms with E-state index in [2.05, 4.69) is 15.0 Å². The number of rotatable bonds is 3. The number of hydrogen-bond acceptors (Lipinski definition) is 4. The molecular formula is C15H17ClN4O. The Morgan fingerprint density at radius 3 is 2.57 bits per heavy atom. The van der Waals surface area contributed by atoms with E-state index in [1.807, 2.05) is 44.5 Å². The molecule has 0 fully saturated rings. The van der Waals surface area contributed by atoms with Gasteiger partial charge in [0.25, 0.3) is 0 Å². The van der Waals surface area contributed by atoms with Gasteiger partial charge in [-0.25, -0.2) is 15.0 Å². The molecule has 0 spiro atoms. The fraction of sp³-hybridized carbons (Fsp3) is 0.400. The highest BCUT2D eigenvalue weighted by Gasteiger charge is 2.23. The van der Waals surface area contributed by atoms with E-state index in [-0.39, 0.29) is 11.4 Å². The third-order valence-corrected chi connectivity index (χ3v) is 3.63. The predicted octanol–water partition coefficient (Wildman–Crippen LogP) is 3.95. The minimum absolute atomic E-state index is 0.116. The van der Waals surface area contributed by atoms with Crippen LogP contribution in [-0.2, 0) is 0 Å². The lowest BCUT2D eigenvalue weighted by Crippen LogP contribution is -2.12. The third kappa shape index (κ3) is 2.42. The van der Waals surface area contributed by atoms with Gasteiger partial charge in [0.05, 0.1) is 11.6 Å². The Labute approximate surface area is 128 Å². The van der Waals surface area contributed by atoms with Gasteiger partial charge < -0.3 is 4.42 Å². The average molecular weight is 305 g/mol. The van der Waals surface area contributed by atoms with Gasteiger partial charge in [-0.3, -0.25) is 4.57 Å². The van der Waals surface area contributed by atoms with Gasteiger partial charge in [-0.1, -0.05) is 0 Å². The molecule has 0 saturated carbocycles. The molecule has 2 atom stereocenters. The Morgan fingerprint density at radius 1 is 1.19 bits per heavy atom. The molecule has 0 aliphatic heterocycles. The molecule has 6 heteroatoms. The number of pyridine rings is 1. The number of fused-ring (bicyclic) bond motifs is 1. The van der Waals surface area contributed by atoms with Gasteiger partial charge in [0.1, 0.15) is 23.1 Å². The molecule has 3 rings (SSSR count). The first-order valence-electron chi connectivity index (χ1n) is 6.88. The summed E-state index contributed by atoms with van der Waals surface area (Å²) in [4.78, 5) is 13.4. The van der Waals surface area contributed by atoms with E-state index >= 15 is 0 Å². The lowest BCUT2D eigenvalue weighted by atomic mass is 10.3. The van der Waals surface area contributed by atoms with Gasteiger partial charge in [-0.2, -0.15) is 0 Å². The van der Waals surface area contributed by atoms with Crippen molar-refractivity contribution in [3.8, 4) is 0 Å². The highest BCUT2D eigenvalue weighted by molar-refractivity contribution is 6.20. The fourth-order valence-electron chi connectivity index (χ4n) is 2.44. The van der Waals surface area contributed by atoms with E-state index in [0.717, 1.165) is 28.3 Å². The van der Waals surface area contributed by atoms with Crippen molar-refractivity contribution < 1.29 is 4.42 Å². The van der Waals surface area contributed by atoms with E-state index < -0.39 is 0 Å². The molecular weight excluding hydrogens is 288 g/mol. The molecule has 110 valence electrons. The minimum Gasteiger partial charge on any atom is -0.444 e. The molecule has 3 aromatic heterocycles. The van der Waals surface area contributed by atoms with E-state index in [1.165, 1.54) is 0 Å². The number of imidazole rings is 1. The zero-order chi connectivity index (χ0) is 15.1. The lowest BCUT2D eigenvalue weighted by Gasteiger charge is -2.15. The molecule has 3 heterocycles. The number of alkyl halides is 1. The van der Waals surface area contributed by atoms with Gasteiger partial charge in [0, 0.05) is 6.20 Å². The Balaban J connectivity index is 2.21. The number of oxazole rings is 1. The van der Waals surface area contributed by atoms with Crippen molar-refractivity contribution in [2.75, 3.05) is 0 Å². The highest BCUT2D eigenvalue weighted by Crippen LogP contribution is 2.30. The van der Waals surface area contributed by atoms with Crippen LogP contribution >= 0.6 is 11.6 Å². The summed E-state index contributed by atoms with van der Waals surface area (Å²) in [5.41, 5.74) is 2.71. The number of aromatic nitrogens is 4. The summed E-state index contributed by atoms with van der Waals surface area (Å²) >= 11 is 6.29. The Kier molecular flexibility index (Phi) is 3.45. The second-order valence-electron chi connectivity index (χ2n) is 5.30. The van der Waals surface area contributed by atoms with Crippen molar-refractivity contribution in [2.24, 2.45) is 0 Å². The molecule has 0 bridgehead atoms. The van der Waals surface area contributed by atoms with E-state index in [0.29, 0.717) is 5.89 Å². The van der Waals surface area contributed by atoms with E-state index in [1.54, 1.807) is 6.20 Å². The average Bonchev–Trinajstić information content (AvgIpc) is 3.01. The third-order valence-electron chi connectivity index (χ3n) is 3.43. The first-order valence-corrected chi connectivity index (χ1v) is 7.32. The topological polar surface area (TPSA) is 56.7 Å². The van der Waals surface area contributed by atoms with Gasteiger partial charge in [-0.15, -0.1) is 11.6 Å². The minimum atomic E-state index is -0.224. The van der Waals surface area contributed by atoms with Crippen LogP contribution in [0.5, 0.6) is 0 Å². The number of nitrogens with zero attached hydrogens (tertiary/aromatic N) is 4. The van der Waals surface area contributed by atoms with Crippen LogP contribution in [0.25, 0.3) is 11.2 Å².